The highest BCUT2D eigenvalue weighted by Gasteiger charge is 2.41. The van der Waals surface area contributed by atoms with Crippen molar-refractivity contribution < 1.29 is 23.7 Å². The number of hydrogen-bond donors (Lipinski definition) is 0. The van der Waals surface area contributed by atoms with Gasteiger partial charge in [-0.05, 0) is 34.6 Å². The van der Waals surface area contributed by atoms with Crippen molar-refractivity contribution in [3.8, 4) is 0 Å². The summed E-state index contributed by atoms with van der Waals surface area (Å²) in [5.74, 6) is -0.208. The molecular weight excluding hydrogens is 236 g/mol. The molecule has 0 bridgehead atoms. The van der Waals surface area contributed by atoms with Gasteiger partial charge in [0.25, 0.3) is 0 Å². The van der Waals surface area contributed by atoms with Gasteiger partial charge in [-0.1, -0.05) is 0 Å². The van der Waals surface area contributed by atoms with Gasteiger partial charge < -0.3 is 18.9 Å². The van der Waals surface area contributed by atoms with Gasteiger partial charge in [0.05, 0.1) is 12.0 Å². The fourth-order valence-corrected chi connectivity index (χ4v) is 1.36. The molecular formula is C13H24O5. The van der Waals surface area contributed by atoms with E-state index in [0.29, 0.717) is 19.8 Å². The second-order valence-electron chi connectivity index (χ2n) is 5.42. The molecule has 0 saturated carbocycles. The molecule has 1 aliphatic rings. The van der Waals surface area contributed by atoms with E-state index in [9.17, 15) is 4.79 Å². The highest BCUT2D eigenvalue weighted by atomic mass is 16.7. The Morgan fingerprint density at radius 2 is 1.83 bits per heavy atom. The molecule has 1 heterocycles. The van der Waals surface area contributed by atoms with Crippen LogP contribution in [0.4, 0.5) is 0 Å². The zero-order valence-corrected chi connectivity index (χ0v) is 11.9. The number of epoxide rings is 1. The molecule has 0 aromatic heterocycles. The number of esters is 1. The molecule has 5 nitrogen and oxygen atoms in total. The molecule has 1 saturated heterocycles. The fourth-order valence-electron chi connectivity index (χ4n) is 1.36. The smallest absolute Gasteiger partial charge is 0.311 e. The predicted octanol–water partition coefficient (Wildman–Crippen LogP) is 1.74. The lowest BCUT2D eigenvalue weighted by Crippen LogP contribution is -2.25. The Morgan fingerprint density at radius 3 is 2.39 bits per heavy atom. The number of carbonyl (C=O) groups is 1. The molecule has 106 valence electrons. The summed E-state index contributed by atoms with van der Waals surface area (Å²) in [5, 5.41) is 0. The maximum absolute atomic E-state index is 11.5. The Bertz CT molecular complexity index is 271. The molecule has 1 unspecified atom stereocenters. The Labute approximate surface area is 109 Å². The molecule has 1 rings (SSSR count). The van der Waals surface area contributed by atoms with Crippen LogP contribution in [0.3, 0.4) is 0 Å². The van der Waals surface area contributed by atoms with Gasteiger partial charge in [0.15, 0.2) is 6.29 Å². The van der Waals surface area contributed by atoms with E-state index in [4.69, 9.17) is 18.9 Å². The lowest BCUT2D eigenvalue weighted by molar-refractivity contribution is -0.153. The van der Waals surface area contributed by atoms with Gasteiger partial charge in [-0.3, -0.25) is 4.79 Å². The molecule has 5 heteroatoms. The van der Waals surface area contributed by atoms with Crippen LogP contribution in [-0.2, 0) is 23.7 Å². The first-order valence-electron chi connectivity index (χ1n) is 6.40. The predicted molar refractivity (Wildman–Crippen MR) is 66.1 cm³/mol. The van der Waals surface area contributed by atoms with Crippen LogP contribution in [0.15, 0.2) is 0 Å². The van der Waals surface area contributed by atoms with Crippen LogP contribution in [-0.4, -0.2) is 44.3 Å². The van der Waals surface area contributed by atoms with E-state index in [1.165, 1.54) is 0 Å². The summed E-state index contributed by atoms with van der Waals surface area (Å²) in [7, 11) is 0. The molecule has 0 spiro atoms. The van der Waals surface area contributed by atoms with E-state index < -0.39 is 5.41 Å². The number of carbonyl (C=O) groups excluding carboxylic acids is 1. The summed E-state index contributed by atoms with van der Waals surface area (Å²) in [6.07, 6.45) is -0.247. The molecule has 0 aromatic carbocycles. The van der Waals surface area contributed by atoms with Crippen LogP contribution in [0.25, 0.3) is 0 Å². The van der Waals surface area contributed by atoms with Crippen molar-refractivity contribution in [3.63, 3.8) is 0 Å². The first-order chi connectivity index (χ1) is 8.34. The number of hydrogen-bond acceptors (Lipinski definition) is 5. The van der Waals surface area contributed by atoms with Crippen LogP contribution >= 0.6 is 0 Å². The van der Waals surface area contributed by atoms with Gasteiger partial charge in [-0.15, -0.1) is 0 Å². The standard InChI is InChI=1S/C13H24O5/c1-6-15-9(2)16-7-10-11(18-10)8-17-12(14)13(3,4)5/h9-11H,6-8H2,1-5H3/t9?,10-,11+/m1/s1. The summed E-state index contributed by atoms with van der Waals surface area (Å²) >= 11 is 0. The van der Waals surface area contributed by atoms with E-state index >= 15 is 0 Å². The lowest BCUT2D eigenvalue weighted by atomic mass is 9.97. The maximum atomic E-state index is 11.5. The molecule has 3 atom stereocenters. The molecule has 0 radical (unpaired) electrons. The van der Waals surface area contributed by atoms with Crippen LogP contribution in [0.5, 0.6) is 0 Å². The summed E-state index contributed by atoms with van der Waals surface area (Å²) in [5.41, 5.74) is -0.468. The average molecular weight is 260 g/mol. The minimum absolute atomic E-state index is 0.0145. The van der Waals surface area contributed by atoms with Crippen molar-refractivity contribution in [1.82, 2.24) is 0 Å². The Kier molecular flexibility index (Phi) is 5.56. The zero-order valence-electron chi connectivity index (χ0n) is 11.9. The first kappa shape index (κ1) is 15.4. The third kappa shape index (κ3) is 5.33. The Hall–Kier alpha value is -0.650. The van der Waals surface area contributed by atoms with E-state index in [-0.39, 0.29) is 24.5 Å². The molecule has 0 amide bonds. The third-order valence-corrected chi connectivity index (χ3v) is 2.58. The van der Waals surface area contributed by atoms with Gasteiger partial charge in [0, 0.05) is 6.61 Å². The summed E-state index contributed by atoms with van der Waals surface area (Å²) in [6.45, 7) is 10.6. The van der Waals surface area contributed by atoms with Crippen LogP contribution in [0, 0.1) is 5.41 Å². The van der Waals surface area contributed by atoms with Crippen LogP contribution in [0.1, 0.15) is 34.6 Å². The van der Waals surface area contributed by atoms with E-state index in [2.05, 4.69) is 0 Å². The van der Waals surface area contributed by atoms with Gasteiger partial charge in [0.2, 0.25) is 0 Å². The molecule has 0 N–H and O–H groups in total. The molecule has 0 aromatic rings. The van der Waals surface area contributed by atoms with Gasteiger partial charge in [-0.25, -0.2) is 0 Å². The SMILES string of the molecule is CCOC(C)OC[C@H]1O[C@H]1COC(=O)C(C)(C)C. The minimum atomic E-state index is -0.468. The summed E-state index contributed by atoms with van der Waals surface area (Å²) in [4.78, 5) is 11.5. The topological polar surface area (TPSA) is 57.3 Å². The Morgan fingerprint density at radius 1 is 1.22 bits per heavy atom. The Balaban J connectivity index is 2.09. The second kappa shape index (κ2) is 6.50. The molecule has 0 aliphatic carbocycles. The van der Waals surface area contributed by atoms with Crippen LogP contribution in [0.2, 0.25) is 0 Å². The highest BCUT2D eigenvalue weighted by Crippen LogP contribution is 2.24. The monoisotopic (exact) mass is 260 g/mol. The van der Waals surface area contributed by atoms with Crippen molar-refractivity contribution in [2.75, 3.05) is 19.8 Å². The normalized spacial score (nSPS) is 24.7. The van der Waals surface area contributed by atoms with Gasteiger partial charge >= 0.3 is 5.97 Å². The van der Waals surface area contributed by atoms with E-state index in [0.717, 1.165) is 0 Å². The number of ether oxygens (including phenoxy) is 4. The molecule has 1 fully saturated rings. The summed E-state index contributed by atoms with van der Waals surface area (Å²) in [6, 6.07) is 0. The highest BCUT2D eigenvalue weighted by molar-refractivity contribution is 5.75. The number of rotatable bonds is 7. The third-order valence-electron chi connectivity index (χ3n) is 2.58. The molecule has 1 aliphatic heterocycles. The van der Waals surface area contributed by atoms with Crippen LogP contribution < -0.4 is 0 Å². The van der Waals surface area contributed by atoms with E-state index in [1.54, 1.807) is 0 Å². The van der Waals surface area contributed by atoms with Gasteiger partial charge in [-0.2, -0.15) is 0 Å². The zero-order chi connectivity index (χ0) is 13.8. The van der Waals surface area contributed by atoms with Crippen molar-refractivity contribution in [2.24, 2.45) is 5.41 Å². The van der Waals surface area contributed by atoms with Crippen molar-refractivity contribution in [2.45, 2.75) is 53.1 Å². The van der Waals surface area contributed by atoms with E-state index in [1.807, 2.05) is 34.6 Å². The first-order valence-corrected chi connectivity index (χ1v) is 6.40. The fraction of sp³-hybridized carbons (Fsp3) is 0.923. The van der Waals surface area contributed by atoms with Crippen molar-refractivity contribution in [3.05, 3.63) is 0 Å². The largest absolute Gasteiger partial charge is 0.462 e. The minimum Gasteiger partial charge on any atom is -0.462 e. The summed E-state index contributed by atoms with van der Waals surface area (Å²) < 4.78 is 21.2. The quantitative estimate of drug-likeness (QED) is 0.396. The van der Waals surface area contributed by atoms with Crippen molar-refractivity contribution in [1.29, 1.82) is 0 Å². The average Bonchev–Trinajstić information content (AvgIpc) is 3.01. The molecule has 18 heavy (non-hydrogen) atoms. The van der Waals surface area contributed by atoms with Crippen molar-refractivity contribution >= 4 is 5.97 Å². The van der Waals surface area contributed by atoms with Gasteiger partial charge in [0.1, 0.15) is 18.8 Å². The lowest BCUT2D eigenvalue weighted by Gasteiger charge is -2.15. The second-order valence-corrected chi connectivity index (χ2v) is 5.42. The maximum Gasteiger partial charge on any atom is 0.311 e.